The molecule has 2 N–H and O–H groups in total. The molecule has 3 aromatic heterocycles. The van der Waals surface area contributed by atoms with Crippen LogP contribution >= 0.6 is 0 Å². The number of anilines is 3. The number of benzene rings is 1. The number of aryl methyl sites for hydroxylation is 1. The maximum Gasteiger partial charge on any atom is 0.229 e. The van der Waals surface area contributed by atoms with E-state index in [1.807, 2.05) is 49.4 Å². The van der Waals surface area contributed by atoms with Crippen molar-refractivity contribution < 1.29 is 4.42 Å². The van der Waals surface area contributed by atoms with Crippen LogP contribution in [-0.4, -0.2) is 19.9 Å². The summed E-state index contributed by atoms with van der Waals surface area (Å²) in [6.07, 6.45) is 6.67. The first-order valence-corrected chi connectivity index (χ1v) is 8.51. The predicted molar refractivity (Wildman–Crippen MR) is 104 cm³/mol. The van der Waals surface area contributed by atoms with Gasteiger partial charge in [0.15, 0.2) is 12.2 Å². The Kier molecular flexibility index (Phi) is 4.74. The maximum atomic E-state index is 5.30. The SMILES string of the molecule is Cc1cnc(Nc2ccc(-c3cnco3)cc2)nc1NCc1ccccn1. The number of nitrogens with zero attached hydrogens (tertiary/aromatic N) is 4. The molecule has 1 aromatic carbocycles. The van der Waals surface area contributed by atoms with E-state index in [9.17, 15) is 0 Å². The fraction of sp³-hybridized carbons (Fsp3) is 0.100. The third kappa shape index (κ3) is 4.09. The van der Waals surface area contributed by atoms with E-state index in [0.29, 0.717) is 12.5 Å². The molecule has 0 aliphatic heterocycles. The molecule has 0 unspecified atom stereocenters. The van der Waals surface area contributed by atoms with Crippen molar-refractivity contribution >= 4 is 17.5 Å². The van der Waals surface area contributed by atoms with Crippen LogP contribution in [-0.2, 0) is 6.54 Å². The van der Waals surface area contributed by atoms with Crippen LogP contribution in [0.25, 0.3) is 11.3 Å². The van der Waals surface area contributed by atoms with Crippen molar-refractivity contribution in [1.82, 2.24) is 19.9 Å². The minimum atomic E-state index is 0.525. The van der Waals surface area contributed by atoms with E-state index in [0.717, 1.165) is 34.1 Å². The first kappa shape index (κ1) is 16.7. The predicted octanol–water partition coefficient (Wildman–Crippen LogP) is 4.19. The second kappa shape index (κ2) is 7.65. The lowest BCUT2D eigenvalue weighted by Crippen LogP contribution is -2.07. The van der Waals surface area contributed by atoms with Gasteiger partial charge in [0.25, 0.3) is 0 Å². The van der Waals surface area contributed by atoms with Crippen molar-refractivity contribution in [3.63, 3.8) is 0 Å². The van der Waals surface area contributed by atoms with Gasteiger partial charge in [0.1, 0.15) is 5.82 Å². The average molecular weight is 358 g/mol. The van der Waals surface area contributed by atoms with Gasteiger partial charge in [-0.25, -0.2) is 9.97 Å². The molecule has 134 valence electrons. The smallest absolute Gasteiger partial charge is 0.229 e. The van der Waals surface area contributed by atoms with Gasteiger partial charge in [-0.1, -0.05) is 6.07 Å². The lowest BCUT2D eigenvalue weighted by atomic mass is 10.2. The molecular formula is C20H18N6O. The molecule has 3 heterocycles. The Hall–Kier alpha value is -3.74. The molecule has 7 nitrogen and oxygen atoms in total. The Morgan fingerprint density at radius 2 is 1.89 bits per heavy atom. The molecule has 0 atom stereocenters. The standard InChI is InChI=1S/C20H18N6O/c1-14-10-24-20(26-19(14)23-11-17-4-2-3-9-22-17)25-16-7-5-15(6-8-16)18-12-21-13-27-18/h2-10,12-13H,11H2,1H3,(H2,23,24,25,26). The van der Waals surface area contributed by atoms with E-state index in [2.05, 4.69) is 30.6 Å². The molecule has 0 amide bonds. The highest BCUT2D eigenvalue weighted by molar-refractivity contribution is 5.63. The van der Waals surface area contributed by atoms with Crippen LogP contribution in [0.15, 0.2) is 71.9 Å². The first-order valence-electron chi connectivity index (χ1n) is 8.51. The van der Waals surface area contributed by atoms with Gasteiger partial charge in [-0.2, -0.15) is 4.98 Å². The van der Waals surface area contributed by atoms with E-state index in [4.69, 9.17) is 4.42 Å². The van der Waals surface area contributed by atoms with Crippen molar-refractivity contribution in [2.24, 2.45) is 0 Å². The zero-order chi connectivity index (χ0) is 18.5. The van der Waals surface area contributed by atoms with Gasteiger partial charge in [-0.05, 0) is 43.3 Å². The number of hydrogen-bond donors (Lipinski definition) is 2. The second-order valence-electron chi connectivity index (χ2n) is 5.97. The van der Waals surface area contributed by atoms with Gasteiger partial charge in [0, 0.05) is 29.2 Å². The molecule has 4 rings (SSSR count). The van der Waals surface area contributed by atoms with E-state index < -0.39 is 0 Å². The fourth-order valence-corrected chi connectivity index (χ4v) is 2.56. The molecule has 27 heavy (non-hydrogen) atoms. The Balaban J connectivity index is 1.46. The van der Waals surface area contributed by atoms with E-state index in [1.54, 1.807) is 18.6 Å². The zero-order valence-corrected chi connectivity index (χ0v) is 14.8. The summed E-state index contributed by atoms with van der Waals surface area (Å²) in [5.41, 5.74) is 3.77. The summed E-state index contributed by atoms with van der Waals surface area (Å²) >= 11 is 0. The molecule has 0 fully saturated rings. The maximum absolute atomic E-state index is 5.30. The number of aromatic nitrogens is 4. The van der Waals surface area contributed by atoms with Gasteiger partial charge >= 0.3 is 0 Å². The van der Waals surface area contributed by atoms with Crippen molar-refractivity contribution in [1.29, 1.82) is 0 Å². The van der Waals surface area contributed by atoms with Crippen molar-refractivity contribution in [2.45, 2.75) is 13.5 Å². The molecular weight excluding hydrogens is 340 g/mol. The highest BCUT2D eigenvalue weighted by Gasteiger charge is 2.06. The topological polar surface area (TPSA) is 88.8 Å². The van der Waals surface area contributed by atoms with Crippen LogP contribution in [0.4, 0.5) is 17.5 Å². The summed E-state index contributed by atoms with van der Waals surface area (Å²) in [5, 5.41) is 6.53. The lowest BCUT2D eigenvalue weighted by molar-refractivity contribution is 0.572. The third-order valence-electron chi connectivity index (χ3n) is 3.99. The average Bonchev–Trinajstić information content (AvgIpc) is 3.25. The Bertz CT molecular complexity index is 1000. The molecule has 0 saturated heterocycles. The summed E-state index contributed by atoms with van der Waals surface area (Å²) < 4.78 is 5.30. The quantitative estimate of drug-likeness (QED) is 0.534. The molecule has 0 aliphatic carbocycles. The van der Waals surface area contributed by atoms with Gasteiger partial charge in [0.2, 0.25) is 5.95 Å². The van der Waals surface area contributed by atoms with Crippen molar-refractivity contribution in [3.8, 4) is 11.3 Å². The largest absolute Gasteiger partial charge is 0.444 e. The summed E-state index contributed by atoms with van der Waals surface area (Å²) in [7, 11) is 0. The molecule has 4 aromatic rings. The number of pyridine rings is 1. The molecule has 0 saturated carbocycles. The first-order chi connectivity index (χ1) is 13.3. The summed E-state index contributed by atoms with van der Waals surface area (Å²) in [6.45, 7) is 2.57. The Morgan fingerprint density at radius 1 is 1.00 bits per heavy atom. The Morgan fingerprint density at radius 3 is 2.63 bits per heavy atom. The Labute approximate surface area is 156 Å². The van der Waals surface area contributed by atoms with E-state index >= 15 is 0 Å². The third-order valence-corrected chi connectivity index (χ3v) is 3.99. The van der Waals surface area contributed by atoms with Gasteiger partial charge in [-0.15, -0.1) is 0 Å². The number of rotatable bonds is 6. The highest BCUT2D eigenvalue weighted by Crippen LogP contribution is 2.22. The second-order valence-corrected chi connectivity index (χ2v) is 5.97. The normalized spacial score (nSPS) is 10.6. The van der Waals surface area contributed by atoms with Crippen LogP contribution < -0.4 is 10.6 Å². The van der Waals surface area contributed by atoms with Crippen LogP contribution in [0.1, 0.15) is 11.3 Å². The highest BCUT2D eigenvalue weighted by atomic mass is 16.3. The zero-order valence-electron chi connectivity index (χ0n) is 14.8. The number of nitrogens with one attached hydrogen (secondary N) is 2. The van der Waals surface area contributed by atoms with Crippen LogP contribution in [0.3, 0.4) is 0 Å². The van der Waals surface area contributed by atoms with E-state index in [-0.39, 0.29) is 0 Å². The van der Waals surface area contributed by atoms with Crippen molar-refractivity contribution in [3.05, 3.63) is 78.7 Å². The van der Waals surface area contributed by atoms with Crippen LogP contribution in [0, 0.1) is 6.92 Å². The number of hydrogen-bond acceptors (Lipinski definition) is 7. The van der Waals surface area contributed by atoms with E-state index in [1.165, 1.54) is 6.39 Å². The van der Waals surface area contributed by atoms with Crippen molar-refractivity contribution in [2.75, 3.05) is 10.6 Å². The fourth-order valence-electron chi connectivity index (χ4n) is 2.56. The molecule has 0 aliphatic rings. The monoisotopic (exact) mass is 358 g/mol. The number of oxazole rings is 1. The molecule has 7 heteroatoms. The minimum absolute atomic E-state index is 0.525. The molecule has 0 bridgehead atoms. The van der Waals surface area contributed by atoms with Crippen LogP contribution in [0.2, 0.25) is 0 Å². The van der Waals surface area contributed by atoms with Gasteiger partial charge < -0.3 is 15.1 Å². The van der Waals surface area contributed by atoms with Gasteiger partial charge in [0.05, 0.1) is 18.4 Å². The summed E-state index contributed by atoms with van der Waals surface area (Å²) in [6, 6.07) is 13.6. The van der Waals surface area contributed by atoms with Crippen LogP contribution in [0.5, 0.6) is 0 Å². The molecule has 0 radical (unpaired) electrons. The minimum Gasteiger partial charge on any atom is -0.444 e. The molecule has 0 spiro atoms. The summed E-state index contributed by atoms with van der Waals surface area (Å²) in [4.78, 5) is 17.2. The summed E-state index contributed by atoms with van der Waals surface area (Å²) in [5.74, 6) is 2.03. The van der Waals surface area contributed by atoms with Gasteiger partial charge in [-0.3, -0.25) is 4.98 Å². The lowest BCUT2D eigenvalue weighted by Gasteiger charge is -2.11.